The quantitative estimate of drug-likeness (QED) is 0.401. The van der Waals surface area contributed by atoms with E-state index in [1.165, 1.54) is 5.56 Å². The van der Waals surface area contributed by atoms with E-state index in [1.54, 1.807) is 30.0 Å². The SMILES string of the molecule is O=C(NNC(=O)[C@H]1COc2ccccc2O1)c1oc2ccccc2c1CSCc1ccccc1. The lowest BCUT2D eigenvalue weighted by atomic mass is 10.1. The second kappa shape index (κ2) is 9.93. The summed E-state index contributed by atoms with van der Waals surface area (Å²) in [6.45, 7) is 0.0464. The third-order valence-corrected chi connectivity index (χ3v) is 6.39. The molecule has 34 heavy (non-hydrogen) atoms. The van der Waals surface area contributed by atoms with Crippen LogP contribution in [0.1, 0.15) is 21.7 Å². The Morgan fingerprint density at radius 2 is 1.59 bits per heavy atom. The van der Waals surface area contributed by atoms with E-state index in [0.717, 1.165) is 16.7 Å². The molecule has 7 nitrogen and oxygen atoms in total. The number of furan rings is 1. The Kier molecular flexibility index (Phi) is 6.40. The van der Waals surface area contributed by atoms with Crippen LogP contribution in [0.25, 0.3) is 11.0 Å². The van der Waals surface area contributed by atoms with Crippen LogP contribution in [-0.4, -0.2) is 24.5 Å². The zero-order valence-electron chi connectivity index (χ0n) is 18.2. The van der Waals surface area contributed by atoms with Gasteiger partial charge in [0, 0.05) is 22.5 Å². The number of nitrogens with one attached hydrogen (secondary N) is 2. The number of hydrogen-bond donors (Lipinski definition) is 2. The van der Waals surface area contributed by atoms with Gasteiger partial charge in [0.1, 0.15) is 12.2 Å². The Labute approximate surface area is 200 Å². The predicted octanol–water partition coefficient (Wildman–Crippen LogP) is 4.47. The lowest BCUT2D eigenvalue weighted by Crippen LogP contribution is -2.50. The van der Waals surface area contributed by atoms with E-state index < -0.39 is 17.9 Å². The van der Waals surface area contributed by atoms with Gasteiger partial charge in [-0.25, -0.2) is 0 Å². The third kappa shape index (κ3) is 4.72. The molecule has 3 aromatic carbocycles. The molecule has 1 atom stereocenters. The molecule has 172 valence electrons. The van der Waals surface area contributed by atoms with Crippen molar-refractivity contribution >= 4 is 34.5 Å². The second-order valence-electron chi connectivity index (χ2n) is 7.69. The number of hydrogen-bond acceptors (Lipinski definition) is 6. The monoisotopic (exact) mass is 474 g/mol. The molecule has 0 unspecified atom stereocenters. The van der Waals surface area contributed by atoms with Gasteiger partial charge < -0.3 is 13.9 Å². The van der Waals surface area contributed by atoms with Crippen molar-refractivity contribution in [2.75, 3.05) is 6.61 Å². The summed E-state index contributed by atoms with van der Waals surface area (Å²) in [4.78, 5) is 25.5. The summed E-state index contributed by atoms with van der Waals surface area (Å²) in [6, 6.07) is 24.8. The average Bonchev–Trinajstić information content (AvgIpc) is 3.26. The van der Waals surface area contributed by atoms with Crippen LogP contribution >= 0.6 is 11.8 Å². The molecule has 1 aliphatic heterocycles. The summed E-state index contributed by atoms with van der Waals surface area (Å²) < 4.78 is 17.1. The molecular formula is C26H22N2O5S. The van der Waals surface area contributed by atoms with Crippen LogP contribution in [0.5, 0.6) is 11.5 Å². The molecule has 4 aromatic rings. The number of para-hydroxylation sites is 3. The predicted molar refractivity (Wildman–Crippen MR) is 130 cm³/mol. The Morgan fingerprint density at radius 1 is 0.853 bits per heavy atom. The molecular weight excluding hydrogens is 452 g/mol. The number of thioether (sulfide) groups is 1. The number of benzene rings is 3. The number of amides is 2. The van der Waals surface area contributed by atoms with E-state index in [4.69, 9.17) is 13.9 Å². The van der Waals surface area contributed by atoms with Crippen molar-refractivity contribution < 1.29 is 23.5 Å². The normalized spacial score (nSPS) is 14.5. The minimum atomic E-state index is -0.883. The van der Waals surface area contributed by atoms with Gasteiger partial charge in [-0.1, -0.05) is 60.7 Å². The van der Waals surface area contributed by atoms with Gasteiger partial charge in [-0.15, -0.1) is 0 Å². The summed E-state index contributed by atoms with van der Waals surface area (Å²) in [5.74, 6) is 1.58. The lowest BCUT2D eigenvalue weighted by Gasteiger charge is -2.25. The van der Waals surface area contributed by atoms with Crippen LogP contribution in [0, 0.1) is 0 Å². The Bertz CT molecular complexity index is 1320. The number of rotatable bonds is 6. The van der Waals surface area contributed by atoms with Gasteiger partial charge in [0.25, 0.3) is 5.91 Å². The first-order chi connectivity index (χ1) is 16.7. The van der Waals surface area contributed by atoms with Gasteiger partial charge in [-0.05, 0) is 23.8 Å². The largest absolute Gasteiger partial charge is 0.485 e. The van der Waals surface area contributed by atoms with E-state index in [0.29, 0.717) is 22.8 Å². The van der Waals surface area contributed by atoms with E-state index in [9.17, 15) is 9.59 Å². The van der Waals surface area contributed by atoms with Crippen molar-refractivity contribution in [2.24, 2.45) is 0 Å². The first kappa shape index (κ1) is 21.9. The van der Waals surface area contributed by atoms with E-state index in [-0.39, 0.29) is 12.4 Å². The van der Waals surface area contributed by atoms with Gasteiger partial charge in [0.15, 0.2) is 17.3 Å². The zero-order valence-corrected chi connectivity index (χ0v) is 19.0. The first-order valence-corrected chi connectivity index (χ1v) is 12.0. The van der Waals surface area contributed by atoms with Crippen LogP contribution in [0.2, 0.25) is 0 Å². The number of hydrazine groups is 1. The van der Waals surface area contributed by atoms with Crippen LogP contribution in [-0.2, 0) is 16.3 Å². The molecule has 0 spiro atoms. The van der Waals surface area contributed by atoms with Crippen molar-refractivity contribution in [3.05, 3.63) is 95.7 Å². The van der Waals surface area contributed by atoms with Crippen molar-refractivity contribution in [3.63, 3.8) is 0 Å². The minimum absolute atomic E-state index is 0.0464. The number of ether oxygens (including phenoxy) is 2. The van der Waals surface area contributed by atoms with Gasteiger partial charge in [-0.2, -0.15) is 11.8 Å². The summed E-state index contributed by atoms with van der Waals surface area (Å²) in [5, 5.41) is 0.875. The zero-order chi connectivity index (χ0) is 23.3. The Balaban J connectivity index is 1.25. The molecule has 1 aromatic heterocycles. The highest BCUT2D eigenvalue weighted by Gasteiger charge is 2.28. The molecule has 8 heteroatoms. The molecule has 2 amide bonds. The molecule has 0 fully saturated rings. The fourth-order valence-corrected chi connectivity index (χ4v) is 4.70. The fraction of sp³-hybridized carbons (Fsp3) is 0.154. The lowest BCUT2D eigenvalue weighted by molar-refractivity contribution is -0.131. The van der Waals surface area contributed by atoms with Crippen molar-refractivity contribution in [2.45, 2.75) is 17.6 Å². The van der Waals surface area contributed by atoms with E-state index in [2.05, 4.69) is 23.0 Å². The molecule has 0 bridgehead atoms. The summed E-state index contributed by atoms with van der Waals surface area (Å²) in [6.07, 6.45) is -0.883. The average molecular weight is 475 g/mol. The highest BCUT2D eigenvalue weighted by molar-refractivity contribution is 7.97. The number of carbonyl (C=O) groups excluding carboxylic acids is 2. The molecule has 2 N–H and O–H groups in total. The van der Waals surface area contributed by atoms with Crippen molar-refractivity contribution in [3.8, 4) is 11.5 Å². The highest BCUT2D eigenvalue weighted by Crippen LogP contribution is 2.31. The maximum atomic E-state index is 13.0. The molecule has 0 saturated carbocycles. The Hall–Kier alpha value is -3.91. The van der Waals surface area contributed by atoms with Crippen LogP contribution < -0.4 is 20.3 Å². The minimum Gasteiger partial charge on any atom is -0.485 e. The van der Waals surface area contributed by atoms with Gasteiger partial charge in [-0.3, -0.25) is 20.4 Å². The van der Waals surface area contributed by atoms with E-state index in [1.807, 2.05) is 48.5 Å². The number of carbonyl (C=O) groups is 2. The first-order valence-electron chi connectivity index (χ1n) is 10.8. The van der Waals surface area contributed by atoms with Crippen LogP contribution in [0.15, 0.2) is 83.3 Å². The van der Waals surface area contributed by atoms with Gasteiger partial charge >= 0.3 is 5.91 Å². The van der Waals surface area contributed by atoms with Crippen molar-refractivity contribution in [1.29, 1.82) is 0 Å². The van der Waals surface area contributed by atoms with Crippen molar-refractivity contribution in [1.82, 2.24) is 10.9 Å². The van der Waals surface area contributed by atoms with Gasteiger partial charge in [0.05, 0.1) is 0 Å². The summed E-state index contributed by atoms with van der Waals surface area (Å²) in [5.41, 5.74) is 7.49. The maximum absolute atomic E-state index is 13.0. The fourth-order valence-electron chi connectivity index (χ4n) is 3.68. The van der Waals surface area contributed by atoms with E-state index >= 15 is 0 Å². The van der Waals surface area contributed by atoms with Crippen LogP contribution in [0.4, 0.5) is 0 Å². The highest BCUT2D eigenvalue weighted by atomic mass is 32.2. The third-order valence-electron chi connectivity index (χ3n) is 5.36. The molecule has 2 heterocycles. The smallest absolute Gasteiger partial charge is 0.305 e. The number of fused-ring (bicyclic) bond motifs is 2. The Morgan fingerprint density at radius 3 is 2.44 bits per heavy atom. The molecule has 0 aliphatic carbocycles. The molecule has 0 radical (unpaired) electrons. The topological polar surface area (TPSA) is 89.8 Å². The molecule has 1 aliphatic rings. The molecule has 5 rings (SSSR count). The second-order valence-corrected chi connectivity index (χ2v) is 8.68. The summed E-state index contributed by atoms with van der Waals surface area (Å²) >= 11 is 1.69. The van der Waals surface area contributed by atoms with Gasteiger partial charge in [0.2, 0.25) is 6.10 Å². The maximum Gasteiger partial charge on any atom is 0.305 e. The molecule has 0 saturated heterocycles. The summed E-state index contributed by atoms with van der Waals surface area (Å²) in [7, 11) is 0. The van der Waals surface area contributed by atoms with Crippen LogP contribution in [0.3, 0.4) is 0 Å². The standard InChI is InChI=1S/C26H22N2O5S/c29-25(23-14-31-21-12-6-7-13-22(21)32-23)27-28-26(30)24-19(18-10-4-5-11-20(18)33-24)16-34-15-17-8-2-1-3-9-17/h1-13,23H,14-16H2,(H,27,29)(H,28,30)/t23-/m1/s1.